The van der Waals surface area contributed by atoms with Gasteiger partial charge in [0.25, 0.3) is 11.8 Å². The molecule has 57 heavy (non-hydrogen) atoms. The molecular weight excluding hydrogens is 792 g/mol. The molecule has 3 heterocycles. The molecule has 1 aliphatic carbocycles. The lowest BCUT2D eigenvalue weighted by Crippen LogP contribution is -2.35. The summed E-state index contributed by atoms with van der Waals surface area (Å²) in [5.41, 5.74) is -0.854. The van der Waals surface area contributed by atoms with Crippen LogP contribution in [0, 0.1) is 23.5 Å². The highest BCUT2D eigenvalue weighted by Gasteiger charge is 2.46. The monoisotopic (exact) mass is 828 g/mol. The number of aromatic nitrogens is 5. The maximum atomic E-state index is 15.3. The Labute approximate surface area is 330 Å². The van der Waals surface area contributed by atoms with Crippen LogP contribution in [0.25, 0.3) is 22.0 Å². The second-order valence-electron chi connectivity index (χ2n) is 14.4. The Hall–Kier alpha value is -5.51. The normalized spacial score (nSPS) is 14.2. The summed E-state index contributed by atoms with van der Waals surface area (Å²) in [5.74, 6) is -1.29. The number of nitrogens with zero attached hydrogens (tertiary/aromatic N) is 6. The third-order valence-electron chi connectivity index (χ3n) is 8.95. The van der Waals surface area contributed by atoms with Gasteiger partial charge in [0.05, 0.1) is 33.9 Å². The largest absolute Gasteiger partial charge is 0.378 e. The van der Waals surface area contributed by atoms with Gasteiger partial charge in [-0.25, -0.2) is 22.2 Å². The molecule has 19 heteroatoms. The SMILES string of the molecule is CN(C)C(=O)c1nn(CC(=O)NC(Cc2cc(F)cc(F)c2)c2nc(C#CC(C)(C)O)ccc2-c2ccc(Cl)c3c(NS(C)(=O)=O)nn(C)c23)c2c1CCC2(F)F. The van der Waals surface area contributed by atoms with Crippen LogP contribution < -0.4 is 10.0 Å². The number of fused-ring (bicyclic) bond motifs is 2. The Kier molecular flexibility index (Phi) is 10.9. The highest BCUT2D eigenvalue weighted by Crippen LogP contribution is 2.43. The van der Waals surface area contributed by atoms with Crippen molar-refractivity contribution < 1.29 is 40.7 Å². The Morgan fingerprint density at radius 2 is 1.75 bits per heavy atom. The summed E-state index contributed by atoms with van der Waals surface area (Å²) in [6.07, 6.45) is -0.0598. The first-order valence-electron chi connectivity index (χ1n) is 17.3. The Morgan fingerprint density at radius 3 is 2.39 bits per heavy atom. The van der Waals surface area contributed by atoms with Crippen LogP contribution >= 0.6 is 11.6 Å². The van der Waals surface area contributed by atoms with Crippen molar-refractivity contribution in [2.75, 3.05) is 25.1 Å². The predicted octanol–water partition coefficient (Wildman–Crippen LogP) is 5.10. The smallest absolute Gasteiger partial charge is 0.290 e. The highest BCUT2D eigenvalue weighted by molar-refractivity contribution is 7.92. The molecule has 0 bridgehead atoms. The number of sulfonamides is 1. The molecule has 1 unspecified atom stereocenters. The average molecular weight is 829 g/mol. The van der Waals surface area contributed by atoms with Gasteiger partial charge in [0.1, 0.15) is 35.2 Å². The number of hydrogen-bond donors (Lipinski definition) is 3. The summed E-state index contributed by atoms with van der Waals surface area (Å²) in [7, 11) is 0.629. The van der Waals surface area contributed by atoms with E-state index in [0.717, 1.165) is 23.1 Å². The fraction of sp³-hybridized carbons (Fsp3) is 0.342. The standard InChI is InChI=1S/C38H37ClF4N8O5S/c1-37(2,54)13-11-23-7-8-24(25-9-10-27(39)30-33(25)50(5)47-35(30)48-57(6,55)56)31(44-23)28(17-20-15-21(40)18-22(41)16-20)45-29(52)19-51-34-26(12-14-38(34,42)43)32(46-51)36(53)49(3)4/h7-10,15-16,18,28,54H,12,14,17,19H2,1-6H3,(H,45,52)(H,47,48). The van der Waals surface area contributed by atoms with Crippen LogP contribution in [-0.2, 0) is 47.2 Å². The Morgan fingerprint density at radius 1 is 1.09 bits per heavy atom. The zero-order valence-electron chi connectivity index (χ0n) is 31.5. The summed E-state index contributed by atoms with van der Waals surface area (Å²) < 4.78 is 88.7. The van der Waals surface area contributed by atoms with Crippen molar-refractivity contribution in [2.45, 2.75) is 57.2 Å². The fourth-order valence-electron chi connectivity index (χ4n) is 6.70. The number of carbonyl (C=O) groups excluding carboxylic acids is 2. The van der Waals surface area contributed by atoms with Gasteiger partial charge in [-0.3, -0.25) is 23.7 Å². The van der Waals surface area contributed by atoms with E-state index in [2.05, 4.69) is 32.1 Å². The minimum absolute atomic E-state index is 0.0352. The molecule has 0 aliphatic heterocycles. The van der Waals surface area contributed by atoms with Crippen molar-refractivity contribution in [1.82, 2.24) is 34.8 Å². The van der Waals surface area contributed by atoms with Crippen LogP contribution in [0.1, 0.15) is 65.0 Å². The van der Waals surface area contributed by atoms with Crippen molar-refractivity contribution in [2.24, 2.45) is 7.05 Å². The van der Waals surface area contributed by atoms with Gasteiger partial charge in [-0.2, -0.15) is 19.0 Å². The minimum Gasteiger partial charge on any atom is -0.378 e. The van der Waals surface area contributed by atoms with E-state index < -0.39 is 69.7 Å². The molecular formula is C38H37ClF4N8O5S. The van der Waals surface area contributed by atoms with Gasteiger partial charge >= 0.3 is 0 Å². The van der Waals surface area contributed by atoms with E-state index in [1.165, 1.54) is 49.7 Å². The Bertz CT molecular complexity index is 2610. The number of amides is 2. The van der Waals surface area contributed by atoms with Crippen LogP contribution in [0.4, 0.5) is 23.4 Å². The molecule has 1 atom stereocenters. The average Bonchev–Trinajstić information content (AvgIpc) is 3.72. The summed E-state index contributed by atoms with van der Waals surface area (Å²) in [6.45, 7) is 2.14. The molecule has 13 nitrogen and oxygen atoms in total. The quantitative estimate of drug-likeness (QED) is 0.129. The summed E-state index contributed by atoms with van der Waals surface area (Å²) >= 11 is 6.60. The van der Waals surface area contributed by atoms with Crippen LogP contribution in [0.3, 0.4) is 0 Å². The maximum absolute atomic E-state index is 15.3. The number of benzene rings is 2. The topological polar surface area (TPSA) is 164 Å². The molecule has 6 rings (SSSR count). The first-order valence-corrected chi connectivity index (χ1v) is 19.6. The number of hydrogen-bond acceptors (Lipinski definition) is 8. The number of rotatable bonds is 10. The molecule has 0 fully saturated rings. The van der Waals surface area contributed by atoms with Crippen LogP contribution in [0.15, 0.2) is 42.5 Å². The van der Waals surface area contributed by atoms with E-state index >= 15 is 8.78 Å². The molecule has 1 aliphatic rings. The lowest BCUT2D eigenvalue weighted by atomic mass is 9.93. The van der Waals surface area contributed by atoms with Crippen molar-refractivity contribution in [3.63, 3.8) is 0 Å². The van der Waals surface area contributed by atoms with Gasteiger partial charge in [0.15, 0.2) is 11.5 Å². The second-order valence-corrected chi connectivity index (χ2v) is 16.6. The molecule has 300 valence electrons. The lowest BCUT2D eigenvalue weighted by Gasteiger charge is -2.23. The van der Waals surface area contributed by atoms with Gasteiger partial charge in [0.2, 0.25) is 15.9 Å². The van der Waals surface area contributed by atoms with E-state index in [1.54, 1.807) is 19.2 Å². The zero-order valence-corrected chi connectivity index (χ0v) is 33.1. The van der Waals surface area contributed by atoms with Gasteiger partial charge < -0.3 is 15.3 Å². The summed E-state index contributed by atoms with van der Waals surface area (Å²) in [5, 5.41) is 22.0. The van der Waals surface area contributed by atoms with E-state index in [0.29, 0.717) is 22.7 Å². The molecule has 0 saturated heterocycles. The third kappa shape index (κ3) is 8.90. The second kappa shape index (κ2) is 15.1. The number of anilines is 1. The van der Waals surface area contributed by atoms with Gasteiger partial charge in [0, 0.05) is 50.3 Å². The van der Waals surface area contributed by atoms with Crippen LogP contribution in [-0.4, -0.2) is 80.7 Å². The predicted molar refractivity (Wildman–Crippen MR) is 204 cm³/mol. The van der Waals surface area contributed by atoms with Gasteiger partial charge in [-0.1, -0.05) is 23.6 Å². The van der Waals surface area contributed by atoms with Crippen LogP contribution in [0.5, 0.6) is 0 Å². The number of nitrogens with one attached hydrogen (secondary N) is 2. The molecule has 0 spiro atoms. The maximum Gasteiger partial charge on any atom is 0.290 e. The summed E-state index contributed by atoms with van der Waals surface area (Å²) in [6, 6.07) is 7.78. The molecule has 3 aromatic heterocycles. The molecule has 2 aromatic carbocycles. The van der Waals surface area contributed by atoms with Crippen molar-refractivity contribution >= 4 is 50.2 Å². The fourth-order valence-corrected chi connectivity index (χ4v) is 7.43. The molecule has 3 N–H and O–H groups in total. The van der Waals surface area contributed by atoms with Crippen molar-refractivity contribution in [1.29, 1.82) is 0 Å². The van der Waals surface area contributed by atoms with Crippen molar-refractivity contribution in [3.05, 3.63) is 93.0 Å². The number of pyridine rings is 1. The number of carbonyl (C=O) groups is 2. The molecule has 2 amide bonds. The van der Waals surface area contributed by atoms with Crippen molar-refractivity contribution in [3.8, 4) is 23.0 Å². The third-order valence-corrected chi connectivity index (χ3v) is 9.83. The number of aryl methyl sites for hydroxylation is 1. The number of aliphatic hydroxyl groups is 1. The van der Waals surface area contributed by atoms with E-state index in [-0.39, 0.29) is 57.3 Å². The first-order chi connectivity index (χ1) is 26.5. The van der Waals surface area contributed by atoms with E-state index in [1.807, 2.05) is 0 Å². The Balaban J connectivity index is 1.54. The minimum atomic E-state index is -3.81. The number of halogens is 5. The van der Waals surface area contributed by atoms with Gasteiger partial charge in [-0.15, -0.1) is 0 Å². The highest BCUT2D eigenvalue weighted by atomic mass is 35.5. The summed E-state index contributed by atoms with van der Waals surface area (Å²) in [4.78, 5) is 32.9. The van der Waals surface area contributed by atoms with Gasteiger partial charge in [-0.05, 0) is 68.5 Å². The first kappa shape index (κ1) is 41.1. The molecule has 0 radical (unpaired) electrons. The van der Waals surface area contributed by atoms with E-state index in [9.17, 15) is 31.9 Å². The number of alkyl halides is 2. The van der Waals surface area contributed by atoms with Crippen LogP contribution in [0.2, 0.25) is 5.02 Å². The zero-order chi connectivity index (χ0) is 41.8. The molecule has 5 aromatic rings. The lowest BCUT2D eigenvalue weighted by molar-refractivity contribution is -0.122. The van der Waals surface area contributed by atoms with E-state index in [4.69, 9.17) is 16.6 Å². The molecule has 0 saturated carbocycles.